The van der Waals surface area contributed by atoms with Crippen LogP contribution in [0, 0.1) is 5.41 Å². The third-order valence-electron chi connectivity index (χ3n) is 4.84. The van der Waals surface area contributed by atoms with Crippen molar-refractivity contribution in [3.63, 3.8) is 0 Å². The van der Waals surface area contributed by atoms with Crippen molar-refractivity contribution in [2.24, 2.45) is 10.4 Å². The lowest BCUT2D eigenvalue weighted by Crippen LogP contribution is -2.42. The monoisotopic (exact) mass is 286 g/mol. The van der Waals surface area contributed by atoms with E-state index in [0.29, 0.717) is 5.41 Å². The lowest BCUT2D eigenvalue weighted by atomic mass is 9.68. The van der Waals surface area contributed by atoms with Gasteiger partial charge in [0.05, 0.1) is 0 Å². The maximum atomic E-state index is 4.81. The van der Waals surface area contributed by atoms with E-state index in [4.69, 9.17) is 4.99 Å². The van der Waals surface area contributed by atoms with Gasteiger partial charge in [0.25, 0.3) is 0 Å². The van der Waals surface area contributed by atoms with Gasteiger partial charge in [-0.15, -0.1) is 0 Å². The molecule has 2 aliphatic rings. The topological polar surface area (TPSA) is 40.5 Å². The molecule has 114 valence electrons. The van der Waals surface area contributed by atoms with Crippen LogP contribution in [0.1, 0.15) is 38.3 Å². The van der Waals surface area contributed by atoms with Crippen LogP contribution in [-0.4, -0.2) is 42.0 Å². The smallest absolute Gasteiger partial charge is 0.193 e. The molecule has 1 aliphatic carbocycles. The van der Waals surface area contributed by atoms with Crippen LogP contribution in [-0.2, 0) is 6.42 Å². The molecule has 0 radical (unpaired) electrons. The summed E-state index contributed by atoms with van der Waals surface area (Å²) in [5.41, 5.74) is 1.74. The van der Waals surface area contributed by atoms with E-state index in [2.05, 4.69) is 28.2 Å². The minimum atomic E-state index is 0.622. The Morgan fingerprint density at radius 2 is 2.29 bits per heavy atom. The largest absolute Gasteiger partial charge is 0.357 e. The Morgan fingerprint density at radius 3 is 2.90 bits per heavy atom. The van der Waals surface area contributed by atoms with Gasteiger partial charge in [0, 0.05) is 44.5 Å². The molecule has 0 atom stereocenters. The zero-order chi connectivity index (χ0) is 14.5. The van der Waals surface area contributed by atoms with Gasteiger partial charge in [-0.3, -0.25) is 9.98 Å². The minimum absolute atomic E-state index is 0.622. The van der Waals surface area contributed by atoms with Crippen LogP contribution in [0.4, 0.5) is 0 Å². The van der Waals surface area contributed by atoms with Crippen molar-refractivity contribution >= 4 is 5.96 Å². The summed E-state index contributed by atoms with van der Waals surface area (Å²) in [7, 11) is 0. The Hall–Kier alpha value is -1.58. The van der Waals surface area contributed by atoms with Crippen molar-refractivity contribution < 1.29 is 0 Å². The second-order valence-electron chi connectivity index (χ2n) is 6.33. The van der Waals surface area contributed by atoms with E-state index < -0.39 is 0 Å². The second kappa shape index (κ2) is 6.46. The Morgan fingerprint density at radius 1 is 1.38 bits per heavy atom. The molecule has 1 spiro atoms. The van der Waals surface area contributed by atoms with Gasteiger partial charge >= 0.3 is 0 Å². The van der Waals surface area contributed by atoms with E-state index in [1.807, 2.05) is 18.3 Å². The Labute approximate surface area is 127 Å². The summed E-state index contributed by atoms with van der Waals surface area (Å²) in [5, 5.41) is 3.45. The zero-order valence-corrected chi connectivity index (χ0v) is 13.0. The number of hydrogen-bond donors (Lipinski definition) is 1. The maximum absolute atomic E-state index is 4.81. The van der Waals surface area contributed by atoms with Crippen LogP contribution in [0.3, 0.4) is 0 Å². The average molecular weight is 286 g/mol. The fraction of sp³-hybridized carbons (Fsp3) is 0.647. The predicted octanol–water partition coefficient (Wildman–Crippen LogP) is 2.47. The standard InChI is InChI=1S/C17H26N4/c1-2-18-16(20-12-7-15-6-3-4-11-19-15)21-13-10-17(14-21)8-5-9-17/h3-4,6,11H,2,5,7-10,12-14H2,1H3,(H,18,20). The molecule has 1 N–H and O–H groups in total. The van der Waals surface area contributed by atoms with Crippen LogP contribution in [0.2, 0.25) is 0 Å². The molecular formula is C17H26N4. The van der Waals surface area contributed by atoms with E-state index in [1.165, 1.54) is 32.2 Å². The van der Waals surface area contributed by atoms with Crippen molar-refractivity contribution in [1.29, 1.82) is 0 Å². The lowest BCUT2D eigenvalue weighted by Gasteiger charge is -2.38. The van der Waals surface area contributed by atoms with Crippen molar-refractivity contribution in [1.82, 2.24) is 15.2 Å². The highest BCUT2D eigenvalue weighted by atomic mass is 15.3. The van der Waals surface area contributed by atoms with E-state index in [1.54, 1.807) is 0 Å². The molecule has 3 rings (SSSR count). The quantitative estimate of drug-likeness (QED) is 0.683. The molecule has 1 saturated heterocycles. The number of guanidine groups is 1. The number of hydrogen-bond acceptors (Lipinski definition) is 2. The zero-order valence-electron chi connectivity index (χ0n) is 13.0. The molecule has 0 amide bonds. The highest BCUT2D eigenvalue weighted by Gasteiger charge is 2.43. The SMILES string of the molecule is CCNC(=NCCc1ccccn1)N1CCC2(CCC2)C1. The third-order valence-corrected chi connectivity index (χ3v) is 4.84. The van der Waals surface area contributed by atoms with Gasteiger partial charge in [0.15, 0.2) is 5.96 Å². The molecule has 21 heavy (non-hydrogen) atoms. The number of nitrogens with one attached hydrogen (secondary N) is 1. The molecule has 1 aliphatic heterocycles. The van der Waals surface area contributed by atoms with Crippen LogP contribution < -0.4 is 5.32 Å². The summed E-state index contributed by atoms with van der Waals surface area (Å²) >= 11 is 0. The Bertz CT molecular complexity index is 479. The van der Waals surface area contributed by atoms with E-state index in [9.17, 15) is 0 Å². The summed E-state index contributed by atoms with van der Waals surface area (Å²) in [6.45, 7) is 6.25. The fourth-order valence-electron chi connectivity index (χ4n) is 3.45. The number of likely N-dealkylation sites (tertiary alicyclic amines) is 1. The number of aromatic nitrogens is 1. The highest BCUT2D eigenvalue weighted by molar-refractivity contribution is 5.80. The molecule has 0 unspecified atom stereocenters. The van der Waals surface area contributed by atoms with Gasteiger partial charge in [0.2, 0.25) is 0 Å². The molecule has 1 saturated carbocycles. The molecular weight excluding hydrogens is 260 g/mol. The minimum Gasteiger partial charge on any atom is -0.357 e. The molecule has 4 nitrogen and oxygen atoms in total. The molecule has 2 fully saturated rings. The van der Waals surface area contributed by atoms with Gasteiger partial charge in [0.1, 0.15) is 0 Å². The van der Waals surface area contributed by atoms with Crippen LogP contribution in [0.15, 0.2) is 29.4 Å². The van der Waals surface area contributed by atoms with Gasteiger partial charge in [-0.05, 0) is 43.7 Å². The number of rotatable bonds is 4. The molecule has 4 heteroatoms. The highest BCUT2D eigenvalue weighted by Crippen LogP contribution is 2.47. The van der Waals surface area contributed by atoms with Gasteiger partial charge in [-0.1, -0.05) is 12.5 Å². The number of pyridine rings is 1. The van der Waals surface area contributed by atoms with Crippen molar-refractivity contribution in [2.45, 2.75) is 39.0 Å². The Balaban J connectivity index is 1.57. The first kappa shape index (κ1) is 14.4. The fourth-order valence-corrected chi connectivity index (χ4v) is 3.45. The summed E-state index contributed by atoms with van der Waals surface area (Å²) in [6.07, 6.45) is 8.35. The summed E-state index contributed by atoms with van der Waals surface area (Å²) in [6, 6.07) is 6.07. The molecule has 0 aromatic carbocycles. The van der Waals surface area contributed by atoms with Crippen molar-refractivity contribution in [3.8, 4) is 0 Å². The normalized spacial score (nSPS) is 20.6. The van der Waals surface area contributed by atoms with Crippen LogP contribution in [0.25, 0.3) is 0 Å². The van der Waals surface area contributed by atoms with Crippen LogP contribution in [0.5, 0.6) is 0 Å². The van der Waals surface area contributed by atoms with E-state index in [-0.39, 0.29) is 0 Å². The summed E-state index contributed by atoms with van der Waals surface area (Å²) in [5.74, 6) is 1.09. The Kier molecular flexibility index (Phi) is 4.42. The first-order chi connectivity index (χ1) is 10.3. The van der Waals surface area contributed by atoms with Gasteiger partial charge in [-0.2, -0.15) is 0 Å². The first-order valence-electron chi connectivity index (χ1n) is 8.24. The maximum Gasteiger partial charge on any atom is 0.193 e. The summed E-state index contributed by atoms with van der Waals surface area (Å²) < 4.78 is 0. The van der Waals surface area contributed by atoms with Gasteiger partial charge < -0.3 is 10.2 Å². The number of aliphatic imine (C=N–C) groups is 1. The van der Waals surface area contributed by atoms with Gasteiger partial charge in [-0.25, -0.2) is 0 Å². The van der Waals surface area contributed by atoms with E-state index >= 15 is 0 Å². The molecule has 2 heterocycles. The second-order valence-corrected chi connectivity index (χ2v) is 6.33. The molecule has 1 aromatic heterocycles. The van der Waals surface area contributed by atoms with Crippen molar-refractivity contribution in [2.75, 3.05) is 26.2 Å². The third kappa shape index (κ3) is 3.36. The lowest BCUT2D eigenvalue weighted by molar-refractivity contribution is 0.151. The molecule has 1 aromatic rings. The first-order valence-corrected chi connectivity index (χ1v) is 8.24. The van der Waals surface area contributed by atoms with Crippen molar-refractivity contribution in [3.05, 3.63) is 30.1 Å². The average Bonchev–Trinajstić information content (AvgIpc) is 2.93. The summed E-state index contributed by atoms with van der Waals surface area (Å²) in [4.78, 5) is 11.6. The molecule has 0 bridgehead atoms. The number of nitrogens with zero attached hydrogens (tertiary/aromatic N) is 3. The van der Waals surface area contributed by atoms with E-state index in [0.717, 1.165) is 37.7 Å². The predicted molar refractivity (Wildman–Crippen MR) is 86.4 cm³/mol. The van der Waals surface area contributed by atoms with Crippen LogP contribution >= 0.6 is 0 Å².